The lowest BCUT2D eigenvalue weighted by Gasteiger charge is -2.12. The van der Waals surface area contributed by atoms with Gasteiger partial charge in [0, 0.05) is 19.5 Å². The number of unbranched alkanes of at least 4 members (excludes halogenated alkanes) is 1. The predicted molar refractivity (Wildman–Crippen MR) is 108 cm³/mol. The van der Waals surface area contributed by atoms with Crippen LogP contribution in [0.2, 0.25) is 0 Å². The van der Waals surface area contributed by atoms with Gasteiger partial charge in [0.1, 0.15) is 0 Å². The van der Waals surface area contributed by atoms with Gasteiger partial charge in [-0.3, -0.25) is 0 Å². The van der Waals surface area contributed by atoms with Crippen molar-refractivity contribution in [3.05, 3.63) is 23.8 Å². The number of ether oxygens (including phenoxy) is 2. The molecule has 0 aromatic heterocycles. The molecule has 0 atom stereocenters. The van der Waals surface area contributed by atoms with Crippen LogP contribution >= 0.6 is 24.0 Å². The summed E-state index contributed by atoms with van der Waals surface area (Å²) in [7, 11) is 3.14. The van der Waals surface area contributed by atoms with Crippen LogP contribution in [0.25, 0.3) is 0 Å². The van der Waals surface area contributed by atoms with E-state index in [9.17, 15) is 13.2 Å². The number of hydrogen-bond donors (Lipinski definition) is 2. The molecule has 0 bridgehead atoms. The fourth-order valence-electron chi connectivity index (χ4n) is 2.15. The van der Waals surface area contributed by atoms with Gasteiger partial charge in [0.15, 0.2) is 17.5 Å². The van der Waals surface area contributed by atoms with Crippen molar-refractivity contribution in [2.75, 3.05) is 27.3 Å². The van der Waals surface area contributed by atoms with Gasteiger partial charge in [0.2, 0.25) is 0 Å². The van der Waals surface area contributed by atoms with Crippen molar-refractivity contribution >= 4 is 29.9 Å². The number of halogens is 4. The maximum Gasteiger partial charge on any atom is 0.389 e. The molecule has 0 heterocycles. The minimum Gasteiger partial charge on any atom is -0.493 e. The van der Waals surface area contributed by atoms with Gasteiger partial charge in [0.05, 0.1) is 20.8 Å². The lowest BCUT2D eigenvalue weighted by Crippen LogP contribution is -2.37. The molecule has 0 saturated heterocycles. The number of benzene rings is 1. The second kappa shape index (κ2) is 12.9. The Hall–Kier alpha value is -1.39. The minimum absolute atomic E-state index is 0. The summed E-state index contributed by atoms with van der Waals surface area (Å²) in [6.45, 7) is 3.45. The highest BCUT2D eigenvalue weighted by Crippen LogP contribution is 2.27. The standard InChI is InChI=1S/C17H26F3N3O2.HI/c1-4-21-16(22-10-6-5-9-17(18,19)20)23-12-13-7-8-14(24-2)15(11-13)25-3;/h7-8,11H,4-6,9-10,12H2,1-3H3,(H2,21,22,23);1H. The fraction of sp³-hybridized carbons (Fsp3) is 0.588. The smallest absolute Gasteiger partial charge is 0.389 e. The van der Waals surface area contributed by atoms with E-state index in [1.807, 2.05) is 19.1 Å². The van der Waals surface area contributed by atoms with Crippen molar-refractivity contribution < 1.29 is 22.6 Å². The summed E-state index contributed by atoms with van der Waals surface area (Å²) in [4.78, 5) is 4.44. The topological polar surface area (TPSA) is 54.9 Å². The van der Waals surface area contributed by atoms with Gasteiger partial charge in [-0.05, 0) is 37.5 Å². The van der Waals surface area contributed by atoms with Crippen molar-refractivity contribution in [2.45, 2.75) is 38.9 Å². The molecule has 0 aliphatic carbocycles. The molecule has 0 fully saturated rings. The second-order valence-corrected chi connectivity index (χ2v) is 5.38. The van der Waals surface area contributed by atoms with E-state index in [1.54, 1.807) is 20.3 Å². The highest BCUT2D eigenvalue weighted by atomic mass is 127. The van der Waals surface area contributed by atoms with Crippen LogP contribution in [0.5, 0.6) is 11.5 Å². The number of aliphatic imine (C=N–C) groups is 1. The van der Waals surface area contributed by atoms with E-state index in [0.717, 1.165) is 5.56 Å². The molecule has 0 unspecified atom stereocenters. The van der Waals surface area contributed by atoms with Crippen LogP contribution in [0.4, 0.5) is 13.2 Å². The first-order valence-electron chi connectivity index (χ1n) is 8.19. The molecule has 26 heavy (non-hydrogen) atoms. The summed E-state index contributed by atoms with van der Waals surface area (Å²) in [6.07, 6.45) is -4.31. The van der Waals surface area contributed by atoms with E-state index >= 15 is 0 Å². The molecular formula is C17H27F3IN3O2. The molecule has 0 aliphatic rings. The first-order chi connectivity index (χ1) is 11.9. The molecule has 0 radical (unpaired) electrons. The quantitative estimate of drug-likeness (QED) is 0.237. The summed E-state index contributed by atoms with van der Waals surface area (Å²) in [5.41, 5.74) is 0.937. The number of nitrogens with one attached hydrogen (secondary N) is 2. The lowest BCUT2D eigenvalue weighted by molar-refractivity contribution is -0.135. The zero-order valence-corrected chi connectivity index (χ0v) is 17.6. The molecule has 1 aromatic carbocycles. The maximum atomic E-state index is 12.1. The third-order valence-corrected chi connectivity index (χ3v) is 3.39. The monoisotopic (exact) mass is 489 g/mol. The van der Waals surface area contributed by atoms with Gasteiger partial charge in [-0.2, -0.15) is 13.2 Å². The van der Waals surface area contributed by atoms with Crippen molar-refractivity contribution in [1.29, 1.82) is 0 Å². The highest BCUT2D eigenvalue weighted by molar-refractivity contribution is 14.0. The van der Waals surface area contributed by atoms with Crippen molar-refractivity contribution in [3.8, 4) is 11.5 Å². The molecule has 1 aromatic rings. The molecule has 5 nitrogen and oxygen atoms in total. The molecular weight excluding hydrogens is 462 g/mol. The summed E-state index contributed by atoms with van der Waals surface area (Å²) < 4.78 is 46.8. The molecule has 0 amide bonds. The third-order valence-electron chi connectivity index (χ3n) is 3.39. The maximum absolute atomic E-state index is 12.1. The second-order valence-electron chi connectivity index (χ2n) is 5.38. The van der Waals surface area contributed by atoms with Crippen LogP contribution in [0.1, 0.15) is 31.7 Å². The van der Waals surface area contributed by atoms with Crippen LogP contribution < -0.4 is 20.1 Å². The Morgan fingerprint density at radius 3 is 2.35 bits per heavy atom. The zero-order valence-electron chi connectivity index (χ0n) is 15.3. The van der Waals surface area contributed by atoms with E-state index in [4.69, 9.17) is 9.47 Å². The van der Waals surface area contributed by atoms with Gasteiger partial charge in [-0.1, -0.05) is 6.07 Å². The van der Waals surface area contributed by atoms with E-state index < -0.39 is 12.6 Å². The first-order valence-corrected chi connectivity index (χ1v) is 8.19. The van der Waals surface area contributed by atoms with Gasteiger partial charge >= 0.3 is 6.18 Å². The first kappa shape index (κ1) is 24.6. The van der Waals surface area contributed by atoms with Gasteiger partial charge < -0.3 is 20.1 Å². The number of guanidine groups is 1. The van der Waals surface area contributed by atoms with Crippen molar-refractivity contribution in [3.63, 3.8) is 0 Å². The Kier molecular flexibility index (Phi) is 12.2. The lowest BCUT2D eigenvalue weighted by atomic mass is 10.2. The molecule has 0 spiro atoms. The number of rotatable bonds is 9. The van der Waals surface area contributed by atoms with Gasteiger partial charge in [0.25, 0.3) is 0 Å². The molecule has 2 N–H and O–H groups in total. The zero-order chi connectivity index (χ0) is 18.7. The fourth-order valence-corrected chi connectivity index (χ4v) is 2.15. The Labute approximate surface area is 169 Å². The van der Waals surface area contributed by atoms with Crippen molar-refractivity contribution in [1.82, 2.24) is 10.6 Å². The molecule has 0 aliphatic heterocycles. The number of nitrogens with zero attached hydrogens (tertiary/aromatic N) is 1. The number of methoxy groups -OCH3 is 2. The molecule has 150 valence electrons. The third kappa shape index (κ3) is 9.93. The Morgan fingerprint density at radius 2 is 1.77 bits per heavy atom. The number of alkyl halides is 3. The van der Waals surface area contributed by atoms with Crippen LogP contribution in [-0.4, -0.2) is 39.4 Å². The minimum atomic E-state index is -4.09. The summed E-state index contributed by atoms with van der Waals surface area (Å²) >= 11 is 0. The average Bonchev–Trinajstić information content (AvgIpc) is 2.57. The SMILES string of the molecule is CCNC(=NCc1ccc(OC)c(OC)c1)NCCCCC(F)(F)F.I. The molecule has 1 rings (SSSR count). The van der Waals surface area contributed by atoms with Crippen LogP contribution in [0.15, 0.2) is 23.2 Å². The predicted octanol–water partition coefficient (Wildman–Crippen LogP) is 4.11. The largest absolute Gasteiger partial charge is 0.493 e. The van der Waals surface area contributed by atoms with Crippen LogP contribution in [0.3, 0.4) is 0 Å². The van der Waals surface area contributed by atoms with E-state index in [0.29, 0.717) is 43.5 Å². The van der Waals surface area contributed by atoms with E-state index in [-0.39, 0.29) is 30.4 Å². The van der Waals surface area contributed by atoms with Crippen molar-refractivity contribution in [2.24, 2.45) is 4.99 Å². The Morgan fingerprint density at radius 1 is 1.08 bits per heavy atom. The Balaban J connectivity index is 0.00000625. The summed E-state index contributed by atoms with van der Waals surface area (Å²) in [6, 6.07) is 5.54. The van der Waals surface area contributed by atoms with Crippen LogP contribution in [0, 0.1) is 0 Å². The van der Waals surface area contributed by atoms with E-state index in [2.05, 4.69) is 15.6 Å². The van der Waals surface area contributed by atoms with Crippen LogP contribution in [-0.2, 0) is 6.54 Å². The highest BCUT2D eigenvalue weighted by Gasteiger charge is 2.25. The van der Waals surface area contributed by atoms with Gasteiger partial charge in [-0.15, -0.1) is 24.0 Å². The Bertz CT molecular complexity index is 555. The number of hydrogen-bond acceptors (Lipinski definition) is 3. The molecule has 0 saturated carbocycles. The van der Waals surface area contributed by atoms with Gasteiger partial charge in [-0.25, -0.2) is 4.99 Å². The van der Waals surface area contributed by atoms with E-state index in [1.165, 1.54) is 0 Å². The summed E-state index contributed by atoms with van der Waals surface area (Å²) in [5, 5.41) is 6.12. The molecule has 9 heteroatoms. The normalized spacial score (nSPS) is 11.5. The summed E-state index contributed by atoms with van der Waals surface area (Å²) in [5.74, 6) is 1.84. The average molecular weight is 489 g/mol.